The number of unbranched alkanes of at least 4 members (excludes halogenated alkanes) is 13. The molecule has 0 radical (unpaired) electrons. The largest absolute Gasteiger partial charge is 0.469 e. The van der Waals surface area contributed by atoms with Gasteiger partial charge in [0.1, 0.15) is 6.10 Å². The molecule has 0 heterocycles. The Morgan fingerprint density at radius 2 is 1.19 bits per heavy atom. The predicted molar refractivity (Wildman–Crippen MR) is 107 cm³/mol. The molecule has 1 atom stereocenters. The molecule has 0 aromatic heterocycles. The third-order valence-corrected chi connectivity index (χ3v) is 5.01. The fourth-order valence-corrected chi connectivity index (χ4v) is 3.26. The van der Waals surface area contributed by atoms with E-state index in [1.807, 2.05) is 0 Å². The second-order valence-corrected chi connectivity index (χ2v) is 8.42. The average molecular weight is 413 g/mol. The minimum Gasteiger partial charge on any atom is -0.379 e. The Morgan fingerprint density at radius 1 is 0.741 bits per heavy atom. The van der Waals surface area contributed by atoms with Crippen molar-refractivity contribution >= 4 is 7.82 Å². The van der Waals surface area contributed by atoms with Crippen LogP contribution in [0.25, 0.3) is 0 Å². The van der Waals surface area contributed by atoms with Crippen LogP contribution in [0.2, 0.25) is 0 Å². The minimum atomic E-state index is -4.56. The van der Waals surface area contributed by atoms with Crippen LogP contribution in [-0.2, 0) is 18.7 Å². The van der Waals surface area contributed by atoms with E-state index in [0.29, 0.717) is 6.61 Å². The third kappa shape index (κ3) is 22.1. The van der Waals surface area contributed by atoms with E-state index in [4.69, 9.17) is 19.8 Å². The molecule has 0 fully saturated rings. The van der Waals surface area contributed by atoms with Gasteiger partial charge in [-0.3, -0.25) is 9.78 Å². The van der Waals surface area contributed by atoms with E-state index in [9.17, 15) is 4.57 Å². The summed E-state index contributed by atoms with van der Waals surface area (Å²) in [7, 11) is -4.56. The van der Waals surface area contributed by atoms with Crippen molar-refractivity contribution in [3.63, 3.8) is 0 Å². The van der Waals surface area contributed by atoms with Gasteiger partial charge in [-0.25, -0.2) is 9.45 Å². The average Bonchev–Trinajstić information content (AvgIpc) is 2.63. The van der Waals surface area contributed by atoms with E-state index in [2.05, 4.69) is 16.3 Å². The van der Waals surface area contributed by atoms with Gasteiger partial charge >= 0.3 is 7.82 Å². The standard InChI is InChI=1S/C19H41O7P/c1-2-3-4-5-6-7-8-9-10-11-12-13-14-15-16-24-17-19(26-20)18-25-27(21,22)23/h19-20H,2-18H2,1H3,(H2,21,22,23). The Kier molecular flexibility index (Phi) is 19.3. The van der Waals surface area contributed by atoms with Crippen molar-refractivity contribution in [2.24, 2.45) is 0 Å². The summed E-state index contributed by atoms with van der Waals surface area (Å²) >= 11 is 0. The number of phosphoric ester groups is 1. The van der Waals surface area contributed by atoms with E-state index in [1.54, 1.807) is 0 Å². The number of phosphoric acid groups is 1. The Hall–Kier alpha value is -0.0100. The van der Waals surface area contributed by atoms with Crippen LogP contribution in [0.5, 0.6) is 0 Å². The van der Waals surface area contributed by atoms with Crippen molar-refractivity contribution in [1.82, 2.24) is 0 Å². The van der Waals surface area contributed by atoms with Crippen LogP contribution in [0.15, 0.2) is 0 Å². The summed E-state index contributed by atoms with van der Waals surface area (Å²) in [5, 5.41) is 8.64. The topological polar surface area (TPSA) is 105 Å². The second-order valence-electron chi connectivity index (χ2n) is 7.18. The lowest BCUT2D eigenvalue weighted by Crippen LogP contribution is -2.24. The number of ether oxygens (including phenoxy) is 1. The van der Waals surface area contributed by atoms with Gasteiger partial charge in [0.05, 0.1) is 13.2 Å². The van der Waals surface area contributed by atoms with E-state index in [1.165, 1.54) is 77.0 Å². The lowest BCUT2D eigenvalue weighted by molar-refractivity contribution is -0.292. The monoisotopic (exact) mass is 412 g/mol. The van der Waals surface area contributed by atoms with Gasteiger partial charge in [-0.1, -0.05) is 90.4 Å². The Labute approximate surface area is 165 Å². The minimum absolute atomic E-state index is 0.0367. The summed E-state index contributed by atoms with van der Waals surface area (Å²) < 4.78 is 20.2. The highest BCUT2D eigenvalue weighted by Gasteiger charge is 2.19. The van der Waals surface area contributed by atoms with Crippen molar-refractivity contribution in [1.29, 1.82) is 0 Å². The number of hydrogen-bond acceptors (Lipinski definition) is 5. The Balaban J connectivity index is 3.25. The number of rotatable bonds is 21. The summed E-state index contributed by atoms with van der Waals surface area (Å²) in [5.74, 6) is 0. The lowest BCUT2D eigenvalue weighted by atomic mass is 10.0. The van der Waals surface area contributed by atoms with Crippen LogP contribution in [0.4, 0.5) is 0 Å². The molecule has 0 amide bonds. The third-order valence-electron chi connectivity index (χ3n) is 4.52. The van der Waals surface area contributed by atoms with Crippen LogP contribution in [0, 0.1) is 0 Å². The summed E-state index contributed by atoms with van der Waals surface area (Å²) in [6.45, 7) is 2.41. The Bertz CT molecular complexity index is 349. The summed E-state index contributed by atoms with van der Waals surface area (Å²) in [4.78, 5) is 21.2. The molecule has 27 heavy (non-hydrogen) atoms. The van der Waals surface area contributed by atoms with E-state index in [-0.39, 0.29) is 6.61 Å². The smallest absolute Gasteiger partial charge is 0.379 e. The second kappa shape index (κ2) is 19.3. The number of hydrogen-bond donors (Lipinski definition) is 3. The zero-order chi connectivity index (χ0) is 20.2. The molecule has 7 nitrogen and oxygen atoms in total. The van der Waals surface area contributed by atoms with E-state index >= 15 is 0 Å². The molecular weight excluding hydrogens is 371 g/mol. The first kappa shape index (κ1) is 27.0. The van der Waals surface area contributed by atoms with Crippen molar-refractivity contribution in [2.75, 3.05) is 19.8 Å². The fraction of sp³-hybridized carbons (Fsp3) is 1.00. The molecule has 0 aliphatic rings. The molecule has 0 aromatic rings. The van der Waals surface area contributed by atoms with Crippen molar-refractivity contribution in [3.8, 4) is 0 Å². The first-order valence-corrected chi connectivity index (χ1v) is 12.1. The van der Waals surface area contributed by atoms with Gasteiger partial charge in [0.2, 0.25) is 0 Å². The highest BCUT2D eigenvalue weighted by molar-refractivity contribution is 7.46. The maximum absolute atomic E-state index is 10.6. The maximum atomic E-state index is 10.6. The zero-order valence-corrected chi connectivity index (χ0v) is 17.9. The predicted octanol–water partition coefficient (Wildman–Crippen LogP) is 5.45. The molecule has 0 bridgehead atoms. The quantitative estimate of drug-likeness (QED) is 0.0996. The molecule has 0 spiro atoms. The highest BCUT2D eigenvalue weighted by atomic mass is 31.2. The van der Waals surface area contributed by atoms with Gasteiger partial charge < -0.3 is 14.5 Å². The highest BCUT2D eigenvalue weighted by Crippen LogP contribution is 2.35. The van der Waals surface area contributed by atoms with Gasteiger partial charge in [-0.2, -0.15) is 0 Å². The molecular formula is C19H41O7P. The molecule has 0 aliphatic heterocycles. The zero-order valence-electron chi connectivity index (χ0n) is 17.0. The van der Waals surface area contributed by atoms with Crippen LogP contribution < -0.4 is 0 Å². The molecule has 164 valence electrons. The van der Waals surface area contributed by atoms with Gasteiger partial charge in [0.15, 0.2) is 0 Å². The molecule has 0 saturated heterocycles. The maximum Gasteiger partial charge on any atom is 0.469 e. The van der Waals surface area contributed by atoms with Crippen molar-refractivity contribution < 1.29 is 33.8 Å². The van der Waals surface area contributed by atoms with Crippen LogP contribution in [-0.4, -0.2) is 41.0 Å². The van der Waals surface area contributed by atoms with Gasteiger partial charge in [0, 0.05) is 6.61 Å². The SMILES string of the molecule is CCCCCCCCCCCCCCCCOCC(COP(=O)(O)O)OO. The Morgan fingerprint density at radius 3 is 1.59 bits per heavy atom. The van der Waals surface area contributed by atoms with Crippen LogP contribution in [0.3, 0.4) is 0 Å². The first-order chi connectivity index (χ1) is 13.0. The molecule has 8 heteroatoms. The summed E-state index contributed by atoms with van der Waals surface area (Å²) in [6.07, 6.45) is 17.2. The molecule has 0 aliphatic carbocycles. The fourth-order valence-electron chi connectivity index (χ4n) is 2.90. The molecule has 1 unspecified atom stereocenters. The van der Waals surface area contributed by atoms with Gasteiger partial charge in [-0.05, 0) is 6.42 Å². The van der Waals surface area contributed by atoms with Crippen molar-refractivity contribution in [3.05, 3.63) is 0 Å². The normalized spacial score (nSPS) is 13.2. The van der Waals surface area contributed by atoms with Gasteiger partial charge in [0.25, 0.3) is 0 Å². The van der Waals surface area contributed by atoms with E-state index in [0.717, 1.165) is 12.8 Å². The first-order valence-electron chi connectivity index (χ1n) is 10.6. The van der Waals surface area contributed by atoms with Crippen LogP contribution >= 0.6 is 7.82 Å². The summed E-state index contributed by atoms with van der Waals surface area (Å²) in [6, 6.07) is 0. The van der Waals surface area contributed by atoms with Gasteiger partial charge in [-0.15, -0.1) is 0 Å². The molecule has 0 rings (SSSR count). The molecule has 0 saturated carbocycles. The van der Waals surface area contributed by atoms with Crippen molar-refractivity contribution in [2.45, 2.75) is 103 Å². The van der Waals surface area contributed by atoms with Crippen LogP contribution in [0.1, 0.15) is 96.8 Å². The molecule has 3 N–H and O–H groups in total. The summed E-state index contributed by atoms with van der Waals surface area (Å²) in [5.41, 5.74) is 0. The lowest BCUT2D eigenvalue weighted by Gasteiger charge is -2.14. The van der Waals surface area contributed by atoms with E-state index < -0.39 is 20.5 Å². The molecule has 0 aromatic carbocycles.